The van der Waals surface area contributed by atoms with Gasteiger partial charge in [0.1, 0.15) is 5.60 Å². The molecule has 1 aliphatic heterocycles. The van der Waals surface area contributed by atoms with Crippen LogP contribution in [0.25, 0.3) is 0 Å². The summed E-state index contributed by atoms with van der Waals surface area (Å²) in [7, 11) is 0. The van der Waals surface area contributed by atoms with Crippen LogP contribution in [0.4, 0.5) is 0 Å². The molecule has 0 spiro atoms. The Morgan fingerprint density at radius 1 is 1.44 bits per heavy atom. The lowest BCUT2D eigenvalue weighted by molar-refractivity contribution is -0.155. The molecule has 5 heteroatoms. The number of carbonyl (C=O) groups excluding carboxylic acids is 1. The summed E-state index contributed by atoms with van der Waals surface area (Å²) in [4.78, 5) is 14.9. The first-order valence-electron chi connectivity index (χ1n) is 5.85. The molecule has 0 atom stereocenters. The number of ether oxygens (including phenoxy) is 3. The van der Waals surface area contributed by atoms with Gasteiger partial charge in [0.05, 0.1) is 18.9 Å². The maximum absolute atomic E-state index is 10.6. The summed E-state index contributed by atoms with van der Waals surface area (Å²) >= 11 is 0. The fourth-order valence-electron chi connectivity index (χ4n) is 2.10. The van der Waals surface area contributed by atoms with E-state index in [1.807, 2.05) is 19.1 Å². The molecule has 18 heavy (non-hydrogen) atoms. The predicted octanol–water partition coefficient (Wildman–Crippen LogP) is 1.71. The largest absolute Gasteiger partial charge is 0.455 e. The Balaban J connectivity index is 2.45. The number of rotatable bonds is 4. The van der Waals surface area contributed by atoms with E-state index < -0.39 is 11.4 Å². The average Bonchev–Trinajstić information content (AvgIpc) is 2.77. The van der Waals surface area contributed by atoms with Gasteiger partial charge in [-0.25, -0.2) is 0 Å². The molecule has 1 saturated heterocycles. The van der Waals surface area contributed by atoms with Crippen molar-refractivity contribution in [3.63, 3.8) is 0 Å². The van der Waals surface area contributed by atoms with Crippen LogP contribution in [-0.4, -0.2) is 24.7 Å². The van der Waals surface area contributed by atoms with Crippen LogP contribution < -0.4 is 0 Å². The van der Waals surface area contributed by atoms with Gasteiger partial charge in [0.2, 0.25) is 0 Å². The van der Waals surface area contributed by atoms with Crippen molar-refractivity contribution in [3.8, 4) is 0 Å². The van der Waals surface area contributed by atoms with Gasteiger partial charge in [0.15, 0.2) is 5.79 Å². The summed E-state index contributed by atoms with van der Waals surface area (Å²) in [5.74, 6) is -0.826. The minimum atomic E-state index is -0.826. The van der Waals surface area contributed by atoms with Crippen LogP contribution in [0.1, 0.15) is 32.0 Å². The summed E-state index contributed by atoms with van der Waals surface area (Å²) in [5.41, 5.74) is 0.604. The van der Waals surface area contributed by atoms with Crippen molar-refractivity contribution in [2.45, 2.75) is 32.2 Å². The monoisotopic (exact) mass is 251 g/mol. The van der Waals surface area contributed by atoms with E-state index in [9.17, 15) is 4.79 Å². The second kappa shape index (κ2) is 4.66. The van der Waals surface area contributed by atoms with Gasteiger partial charge in [-0.15, -0.1) is 0 Å². The summed E-state index contributed by atoms with van der Waals surface area (Å²) in [6, 6.07) is 3.69. The average molecular weight is 251 g/mol. The molecule has 1 fully saturated rings. The van der Waals surface area contributed by atoms with Crippen LogP contribution in [0.5, 0.6) is 0 Å². The van der Waals surface area contributed by atoms with Crippen LogP contribution in [0, 0.1) is 0 Å². The molecule has 0 unspecified atom stereocenters. The van der Waals surface area contributed by atoms with Gasteiger partial charge in [-0.1, -0.05) is 6.07 Å². The molecule has 0 bridgehead atoms. The number of hydrogen-bond donors (Lipinski definition) is 0. The lowest BCUT2D eigenvalue weighted by atomic mass is 9.94. The smallest absolute Gasteiger partial charge is 0.294 e. The van der Waals surface area contributed by atoms with E-state index in [1.54, 1.807) is 20.0 Å². The highest BCUT2D eigenvalue weighted by Crippen LogP contribution is 2.37. The molecule has 0 aliphatic carbocycles. The molecule has 1 aromatic heterocycles. The van der Waals surface area contributed by atoms with Crippen LogP contribution in [0.2, 0.25) is 0 Å². The molecule has 1 aliphatic rings. The van der Waals surface area contributed by atoms with Crippen molar-refractivity contribution >= 4 is 6.47 Å². The Bertz CT molecular complexity index is 438. The third kappa shape index (κ3) is 2.23. The lowest BCUT2D eigenvalue weighted by Gasteiger charge is -2.30. The zero-order valence-electron chi connectivity index (χ0n) is 10.8. The molecule has 2 heterocycles. The molecule has 2 rings (SSSR count). The van der Waals surface area contributed by atoms with Gasteiger partial charge in [0.25, 0.3) is 6.47 Å². The van der Waals surface area contributed by atoms with Gasteiger partial charge in [0, 0.05) is 11.8 Å². The van der Waals surface area contributed by atoms with Crippen LogP contribution in [0.15, 0.2) is 18.3 Å². The van der Waals surface area contributed by atoms with Gasteiger partial charge in [-0.3, -0.25) is 9.78 Å². The first kappa shape index (κ1) is 13.0. The highest BCUT2D eigenvalue weighted by atomic mass is 16.7. The Hall–Kier alpha value is -1.46. The minimum absolute atomic E-state index is 0.428. The molecule has 0 N–H and O–H groups in total. The van der Waals surface area contributed by atoms with E-state index in [4.69, 9.17) is 14.2 Å². The van der Waals surface area contributed by atoms with Gasteiger partial charge in [-0.05, 0) is 26.8 Å². The van der Waals surface area contributed by atoms with Crippen molar-refractivity contribution in [2.75, 3.05) is 13.2 Å². The summed E-state index contributed by atoms with van der Waals surface area (Å²) in [6.07, 6.45) is 1.66. The molecule has 98 valence electrons. The van der Waals surface area contributed by atoms with Crippen LogP contribution in [-0.2, 0) is 30.4 Å². The second-order valence-electron chi connectivity index (χ2n) is 4.77. The Morgan fingerprint density at radius 2 is 2.11 bits per heavy atom. The van der Waals surface area contributed by atoms with E-state index in [0.29, 0.717) is 25.4 Å². The number of hydrogen-bond acceptors (Lipinski definition) is 5. The molecule has 0 radical (unpaired) electrons. The van der Waals surface area contributed by atoms with Gasteiger partial charge >= 0.3 is 0 Å². The standard InChI is InChI=1S/C13H17NO4/c1-12(2,18-9-15)11-10(5-4-6-14-11)13(3)16-7-8-17-13/h4-6,9H,7-8H2,1-3H3. The van der Waals surface area contributed by atoms with Crippen molar-refractivity contribution < 1.29 is 19.0 Å². The molecule has 0 saturated carbocycles. The molecule has 0 amide bonds. The Morgan fingerprint density at radius 3 is 2.72 bits per heavy atom. The zero-order valence-corrected chi connectivity index (χ0v) is 10.8. The Kier molecular flexibility index (Phi) is 3.36. The lowest BCUT2D eigenvalue weighted by Crippen LogP contribution is -2.31. The fraction of sp³-hybridized carbons (Fsp3) is 0.538. The molecule has 0 aromatic carbocycles. The number of nitrogens with zero attached hydrogens (tertiary/aromatic N) is 1. The molecular weight excluding hydrogens is 234 g/mol. The second-order valence-corrected chi connectivity index (χ2v) is 4.77. The molecule has 1 aromatic rings. The van der Waals surface area contributed by atoms with Crippen molar-refractivity contribution in [2.24, 2.45) is 0 Å². The quantitative estimate of drug-likeness (QED) is 0.762. The van der Waals surface area contributed by atoms with Gasteiger partial charge < -0.3 is 14.2 Å². The van der Waals surface area contributed by atoms with Crippen molar-refractivity contribution in [1.29, 1.82) is 0 Å². The predicted molar refractivity (Wildman–Crippen MR) is 63.7 cm³/mol. The van der Waals surface area contributed by atoms with E-state index in [2.05, 4.69) is 4.98 Å². The number of aromatic nitrogens is 1. The van der Waals surface area contributed by atoms with E-state index in [1.165, 1.54) is 0 Å². The first-order chi connectivity index (χ1) is 8.49. The summed E-state index contributed by atoms with van der Waals surface area (Å²) in [5, 5.41) is 0. The maximum Gasteiger partial charge on any atom is 0.294 e. The highest BCUT2D eigenvalue weighted by Gasteiger charge is 2.39. The first-order valence-corrected chi connectivity index (χ1v) is 5.85. The van der Waals surface area contributed by atoms with Crippen molar-refractivity contribution in [1.82, 2.24) is 4.98 Å². The minimum Gasteiger partial charge on any atom is -0.455 e. The molecular formula is C13H17NO4. The Labute approximate surface area is 106 Å². The third-order valence-electron chi connectivity index (χ3n) is 3.05. The van der Waals surface area contributed by atoms with Crippen LogP contribution in [0.3, 0.4) is 0 Å². The van der Waals surface area contributed by atoms with Gasteiger partial charge in [-0.2, -0.15) is 0 Å². The van der Waals surface area contributed by atoms with E-state index in [0.717, 1.165) is 5.56 Å². The summed E-state index contributed by atoms with van der Waals surface area (Å²) in [6.45, 7) is 6.92. The number of carbonyl (C=O) groups is 1. The highest BCUT2D eigenvalue weighted by molar-refractivity contribution is 5.40. The topological polar surface area (TPSA) is 57.7 Å². The van der Waals surface area contributed by atoms with E-state index in [-0.39, 0.29) is 0 Å². The zero-order chi connectivity index (χ0) is 13.2. The van der Waals surface area contributed by atoms with Crippen LogP contribution >= 0.6 is 0 Å². The normalized spacial score (nSPS) is 18.6. The maximum atomic E-state index is 10.6. The number of pyridine rings is 1. The third-order valence-corrected chi connectivity index (χ3v) is 3.05. The molecule has 5 nitrogen and oxygen atoms in total. The SMILES string of the molecule is CC(C)(OC=O)c1ncccc1C1(C)OCCO1. The fourth-order valence-corrected chi connectivity index (χ4v) is 2.10. The van der Waals surface area contributed by atoms with Crippen molar-refractivity contribution in [3.05, 3.63) is 29.6 Å². The summed E-state index contributed by atoms with van der Waals surface area (Å²) < 4.78 is 16.4. The van der Waals surface area contributed by atoms with E-state index >= 15 is 0 Å².